The number of aromatic nitrogens is 4. The molecule has 0 saturated carbocycles. The number of fused-ring (bicyclic) bond motifs is 6. The highest BCUT2D eigenvalue weighted by Crippen LogP contribution is 2.48. The van der Waals surface area contributed by atoms with Gasteiger partial charge in [-0.3, -0.25) is 19.4 Å². The monoisotopic (exact) mass is 644 g/mol. The number of carbonyl (C=O) groups is 1. The van der Waals surface area contributed by atoms with E-state index in [9.17, 15) is 9.59 Å². The summed E-state index contributed by atoms with van der Waals surface area (Å²) in [7, 11) is 1.77. The second-order valence-corrected chi connectivity index (χ2v) is 14.6. The van der Waals surface area contributed by atoms with Gasteiger partial charge in [0.2, 0.25) is 0 Å². The molecule has 3 aliphatic heterocycles. The Morgan fingerprint density at radius 2 is 1.77 bits per heavy atom. The molecule has 9 rings (SSSR count). The molecule has 2 fully saturated rings. The zero-order valence-corrected chi connectivity index (χ0v) is 27.8. The van der Waals surface area contributed by atoms with Crippen molar-refractivity contribution in [1.82, 2.24) is 24.0 Å². The molecule has 246 valence electrons. The Balaban J connectivity index is 0.979. The molecule has 0 spiro atoms. The molecule has 0 bridgehead atoms. The molecule has 11 heteroatoms. The second-order valence-electron chi connectivity index (χ2n) is 14.6. The lowest BCUT2D eigenvalue weighted by molar-refractivity contribution is -0.0660. The summed E-state index contributed by atoms with van der Waals surface area (Å²) in [6.45, 7) is 15.9. The van der Waals surface area contributed by atoms with Crippen LogP contribution in [0.2, 0.25) is 0 Å². The van der Waals surface area contributed by atoms with Gasteiger partial charge in [0.15, 0.2) is 0 Å². The molecule has 0 aromatic carbocycles. The maximum Gasteiger partial charge on any atom is 0.276 e. The second kappa shape index (κ2) is 10.6. The molecule has 4 aromatic heterocycles. The number of rotatable bonds is 5. The molecule has 4 aromatic rings. The number of hydrogen-bond acceptors (Lipinski definition) is 8. The van der Waals surface area contributed by atoms with Crippen molar-refractivity contribution >= 4 is 34.5 Å². The minimum Gasteiger partial charge on any atom is -0.378 e. The molecule has 48 heavy (non-hydrogen) atoms. The van der Waals surface area contributed by atoms with Gasteiger partial charge in [-0.15, -0.1) is 0 Å². The first-order chi connectivity index (χ1) is 23.2. The van der Waals surface area contributed by atoms with Crippen LogP contribution >= 0.6 is 0 Å². The zero-order chi connectivity index (χ0) is 32.9. The highest BCUT2D eigenvalue weighted by molar-refractivity contribution is 6.10. The highest BCUT2D eigenvalue weighted by Gasteiger charge is 2.39. The van der Waals surface area contributed by atoms with Crippen LogP contribution in [0.4, 0.5) is 23.0 Å². The van der Waals surface area contributed by atoms with Crippen LogP contribution in [0.1, 0.15) is 46.9 Å². The third-order valence-electron chi connectivity index (χ3n) is 10.9. The number of nitrogens with one attached hydrogen (secondary N) is 1. The van der Waals surface area contributed by atoms with Crippen LogP contribution in [0, 0.1) is 5.41 Å². The number of carbonyl (C=O) groups excluding carboxylic acids is 1. The first-order valence-corrected chi connectivity index (χ1v) is 16.9. The Morgan fingerprint density at radius 1 is 0.958 bits per heavy atom. The SMILES string of the molecule is C=C1c2c(ccnc2N2CCn3c(cc4c3CC(C)(C)C4)C2=O)-c2cc(Nc3ccc(N4CCN(C5COC5)CC4)cn3)c(=O)n(C)c21. The molecule has 2 saturated heterocycles. The van der Waals surface area contributed by atoms with E-state index < -0.39 is 0 Å². The lowest BCUT2D eigenvalue weighted by atomic mass is 9.90. The van der Waals surface area contributed by atoms with Crippen LogP contribution < -0.4 is 20.7 Å². The van der Waals surface area contributed by atoms with E-state index in [1.54, 1.807) is 22.7 Å². The lowest BCUT2D eigenvalue weighted by Crippen LogP contribution is -2.56. The third-order valence-corrected chi connectivity index (χ3v) is 10.9. The maximum atomic E-state index is 14.0. The first-order valence-electron chi connectivity index (χ1n) is 16.9. The van der Waals surface area contributed by atoms with Gasteiger partial charge in [0.05, 0.1) is 36.8 Å². The number of ether oxygens (including phenoxy) is 1. The predicted octanol–water partition coefficient (Wildman–Crippen LogP) is 4.07. The highest BCUT2D eigenvalue weighted by atomic mass is 16.5. The molecule has 1 N–H and O–H groups in total. The molecule has 7 heterocycles. The van der Waals surface area contributed by atoms with Gasteiger partial charge in [-0.05, 0) is 59.7 Å². The summed E-state index contributed by atoms with van der Waals surface area (Å²) in [5.74, 6) is 1.15. The lowest BCUT2D eigenvalue weighted by Gasteiger charge is -2.43. The van der Waals surface area contributed by atoms with E-state index >= 15 is 0 Å². The van der Waals surface area contributed by atoms with E-state index in [2.05, 4.69) is 57.2 Å². The number of pyridine rings is 3. The summed E-state index contributed by atoms with van der Waals surface area (Å²) < 4.78 is 9.22. The van der Waals surface area contributed by atoms with Gasteiger partial charge < -0.3 is 24.1 Å². The van der Waals surface area contributed by atoms with Gasteiger partial charge in [0, 0.05) is 74.9 Å². The predicted molar refractivity (Wildman–Crippen MR) is 186 cm³/mol. The van der Waals surface area contributed by atoms with Gasteiger partial charge in [-0.1, -0.05) is 20.4 Å². The molecule has 0 atom stereocenters. The van der Waals surface area contributed by atoms with Crippen molar-refractivity contribution in [3.63, 3.8) is 0 Å². The van der Waals surface area contributed by atoms with Crippen molar-refractivity contribution in [2.45, 2.75) is 39.3 Å². The number of hydrogen-bond donors (Lipinski definition) is 1. The molecular weight excluding hydrogens is 604 g/mol. The fourth-order valence-corrected chi connectivity index (χ4v) is 8.37. The fraction of sp³-hybridized carbons (Fsp3) is 0.405. The molecule has 11 nitrogen and oxygen atoms in total. The molecule has 0 unspecified atom stereocenters. The van der Waals surface area contributed by atoms with Gasteiger partial charge in [0.1, 0.15) is 23.0 Å². The summed E-state index contributed by atoms with van der Waals surface area (Å²) in [4.78, 5) is 43.7. The summed E-state index contributed by atoms with van der Waals surface area (Å²) in [6.07, 6.45) is 5.59. The van der Waals surface area contributed by atoms with E-state index in [-0.39, 0.29) is 16.9 Å². The summed E-state index contributed by atoms with van der Waals surface area (Å²) in [5.41, 5.74) is 8.87. The Kier molecular flexibility index (Phi) is 6.51. The van der Waals surface area contributed by atoms with Crippen molar-refractivity contribution in [3.05, 3.63) is 87.9 Å². The van der Waals surface area contributed by atoms with Crippen molar-refractivity contribution < 1.29 is 9.53 Å². The number of amides is 1. The third kappa shape index (κ3) is 4.47. The molecular formula is C37H40N8O3. The van der Waals surface area contributed by atoms with Crippen LogP contribution in [0.15, 0.2) is 54.1 Å². The van der Waals surface area contributed by atoms with Gasteiger partial charge in [-0.25, -0.2) is 9.97 Å². The summed E-state index contributed by atoms with van der Waals surface area (Å²) in [5, 5.41) is 3.28. The Hall–Kier alpha value is -4.74. The van der Waals surface area contributed by atoms with Crippen molar-refractivity contribution in [3.8, 4) is 11.1 Å². The van der Waals surface area contributed by atoms with Gasteiger partial charge >= 0.3 is 0 Å². The minimum absolute atomic E-state index is 0.0429. The van der Waals surface area contributed by atoms with Crippen LogP contribution in [-0.2, 0) is 31.2 Å². The molecule has 2 aliphatic carbocycles. The minimum atomic E-state index is -0.177. The van der Waals surface area contributed by atoms with Gasteiger partial charge in [0.25, 0.3) is 11.5 Å². The normalized spacial score (nSPS) is 20.0. The quantitative estimate of drug-likeness (QED) is 0.306. The average Bonchev–Trinajstić information content (AvgIpc) is 3.65. The summed E-state index contributed by atoms with van der Waals surface area (Å²) >= 11 is 0. The van der Waals surface area contributed by atoms with Crippen LogP contribution in [0.3, 0.4) is 0 Å². The topological polar surface area (TPSA) is 101 Å². The number of nitrogens with zero attached hydrogens (tertiary/aromatic N) is 7. The molecule has 5 aliphatic rings. The van der Waals surface area contributed by atoms with E-state index in [1.165, 1.54) is 11.3 Å². The van der Waals surface area contributed by atoms with Crippen LogP contribution in [-0.4, -0.2) is 81.9 Å². The average molecular weight is 645 g/mol. The van der Waals surface area contributed by atoms with Crippen molar-refractivity contribution in [2.75, 3.05) is 61.1 Å². The summed E-state index contributed by atoms with van der Waals surface area (Å²) in [6, 6.07) is 10.5. The van der Waals surface area contributed by atoms with Crippen LogP contribution in [0.5, 0.6) is 0 Å². The Bertz CT molecular complexity index is 2070. The first kappa shape index (κ1) is 29.4. The Morgan fingerprint density at radius 3 is 2.50 bits per heavy atom. The smallest absolute Gasteiger partial charge is 0.276 e. The van der Waals surface area contributed by atoms with Gasteiger partial charge in [-0.2, -0.15) is 0 Å². The van der Waals surface area contributed by atoms with E-state index in [0.29, 0.717) is 35.5 Å². The number of anilines is 4. The van der Waals surface area contributed by atoms with Crippen molar-refractivity contribution in [1.29, 1.82) is 0 Å². The van der Waals surface area contributed by atoms with E-state index in [1.807, 2.05) is 24.4 Å². The van der Waals surface area contributed by atoms with E-state index in [4.69, 9.17) is 9.72 Å². The number of piperazine rings is 1. The zero-order valence-electron chi connectivity index (χ0n) is 27.8. The largest absolute Gasteiger partial charge is 0.378 e. The molecule has 1 amide bonds. The fourth-order valence-electron chi connectivity index (χ4n) is 8.37. The maximum absolute atomic E-state index is 14.0. The standard InChI is InChI=1S/C37H40N8O3/c1-22-32-26(7-8-38-34(32)45-14-13-44-29(36(45)47)15-23-17-37(2,3)18-30(23)44)27-16-28(35(46)41(4)33(22)27)40-31-6-5-24(19-39-31)42-9-11-43(12-10-42)25-20-48-21-25/h5-8,15-16,19,25H,1,9-14,17-18,20-21H2,2-4H3,(H,39,40). The molecule has 0 radical (unpaired) electrons. The van der Waals surface area contributed by atoms with E-state index in [0.717, 1.165) is 92.5 Å². The van der Waals surface area contributed by atoms with Crippen LogP contribution in [0.25, 0.3) is 16.7 Å². The van der Waals surface area contributed by atoms with Crippen molar-refractivity contribution in [2.24, 2.45) is 12.5 Å². The Labute approximate surface area is 279 Å².